The summed E-state index contributed by atoms with van der Waals surface area (Å²) in [6.07, 6.45) is 18.1. The third-order valence-electron chi connectivity index (χ3n) is 6.00. The number of hydrogen-bond acceptors (Lipinski definition) is 2. The van der Waals surface area contributed by atoms with Crippen molar-refractivity contribution in [1.82, 2.24) is 5.32 Å². The number of carbonyl (C=O) groups is 2. The van der Waals surface area contributed by atoms with Crippen LogP contribution in [0, 0.1) is 0 Å². The van der Waals surface area contributed by atoms with Crippen molar-refractivity contribution in [2.75, 3.05) is 24.6 Å². The van der Waals surface area contributed by atoms with Gasteiger partial charge in [0.15, 0.2) is 0 Å². The number of aliphatic carboxylic acids is 1. The van der Waals surface area contributed by atoms with Crippen molar-refractivity contribution in [1.29, 1.82) is 0 Å². The van der Waals surface area contributed by atoms with Crippen molar-refractivity contribution >= 4 is 19.1 Å². The summed E-state index contributed by atoms with van der Waals surface area (Å²) in [7, 11) is -0.879. The first kappa shape index (κ1) is 29.6. The van der Waals surface area contributed by atoms with Crippen LogP contribution < -0.4 is 5.32 Å². The van der Waals surface area contributed by atoms with Crippen LogP contribution in [-0.2, 0) is 4.79 Å². The molecule has 0 saturated carbocycles. The SMILES string of the molecule is CC(NC(=O)c1ccccc1)C(=O)O.CCCC[PH](CCCC)(CCCC)CCCC. The second-order valence-electron chi connectivity index (χ2n) is 8.81. The van der Waals surface area contributed by atoms with Gasteiger partial charge >= 0.3 is 117 Å². The van der Waals surface area contributed by atoms with Gasteiger partial charge in [0.2, 0.25) is 0 Å². The van der Waals surface area contributed by atoms with E-state index in [1.165, 1.54) is 58.3 Å². The Labute approximate surface area is 191 Å². The van der Waals surface area contributed by atoms with Crippen LogP contribution in [0.15, 0.2) is 30.3 Å². The van der Waals surface area contributed by atoms with Gasteiger partial charge in [-0.25, -0.2) is 0 Å². The number of unbranched alkanes of at least 4 members (excludes halogenated alkanes) is 4. The number of nitrogens with one attached hydrogen (secondary N) is 1. The van der Waals surface area contributed by atoms with E-state index in [0.29, 0.717) is 5.56 Å². The number of amides is 1. The van der Waals surface area contributed by atoms with E-state index in [2.05, 4.69) is 33.0 Å². The first-order valence-corrected chi connectivity index (χ1v) is 15.3. The molecular weight excluding hydrogens is 405 g/mol. The predicted molar refractivity (Wildman–Crippen MR) is 138 cm³/mol. The molecule has 2 N–H and O–H groups in total. The first-order valence-electron chi connectivity index (χ1n) is 12.4. The standard InChI is InChI=1S/C16H37P.C10H11NO3/c1-5-9-13-17(14-10-6-2,15-11-7-3)16-12-8-4;1-7(10(13)14)11-9(12)8-5-3-2-4-6-8/h17H,5-16H2,1-4H3;2-7H,1H3,(H,11,12)(H,13,14). The van der Waals surface area contributed by atoms with Gasteiger partial charge in [-0.2, -0.15) is 0 Å². The van der Waals surface area contributed by atoms with Crippen LogP contribution >= 0.6 is 7.26 Å². The van der Waals surface area contributed by atoms with Gasteiger partial charge in [-0.15, -0.1) is 0 Å². The molecule has 180 valence electrons. The number of carboxylic acid groups (broad SMARTS) is 1. The summed E-state index contributed by atoms with van der Waals surface area (Å²) in [4.78, 5) is 21.8. The molecule has 1 aromatic carbocycles. The van der Waals surface area contributed by atoms with Gasteiger partial charge in [0, 0.05) is 5.56 Å². The van der Waals surface area contributed by atoms with E-state index in [9.17, 15) is 9.59 Å². The van der Waals surface area contributed by atoms with Crippen LogP contribution in [0.1, 0.15) is 96.3 Å². The van der Waals surface area contributed by atoms with Gasteiger partial charge in [0.1, 0.15) is 6.04 Å². The van der Waals surface area contributed by atoms with Gasteiger partial charge in [-0.05, 0) is 19.1 Å². The second-order valence-corrected chi connectivity index (χ2v) is 13.8. The molecular formula is C26H48NO3P. The van der Waals surface area contributed by atoms with Gasteiger partial charge in [-0.1, -0.05) is 18.2 Å². The van der Waals surface area contributed by atoms with E-state index < -0.39 is 19.3 Å². The molecule has 1 aromatic rings. The Bertz CT molecular complexity index is 554. The van der Waals surface area contributed by atoms with Crippen molar-refractivity contribution < 1.29 is 14.7 Å². The summed E-state index contributed by atoms with van der Waals surface area (Å²) in [5.74, 6) is -1.42. The summed E-state index contributed by atoms with van der Waals surface area (Å²) >= 11 is 0. The monoisotopic (exact) mass is 453 g/mol. The fraction of sp³-hybridized carbons (Fsp3) is 0.692. The van der Waals surface area contributed by atoms with Crippen LogP contribution in [0.3, 0.4) is 0 Å². The normalized spacial score (nSPS) is 12.4. The van der Waals surface area contributed by atoms with Crippen LogP contribution in [0.4, 0.5) is 0 Å². The second kappa shape index (κ2) is 18.2. The fourth-order valence-corrected chi connectivity index (χ4v) is 9.80. The van der Waals surface area contributed by atoms with E-state index in [1.807, 2.05) is 0 Å². The molecule has 0 heterocycles. The summed E-state index contributed by atoms with van der Waals surface area (Å²) in [5, 5.41) is 10.9. The molecule has 0 radical (unpaired) electrons. The Morgan fingerprint density at radius 3 is 1.52 bits per heavy atom. The molecule has 0 saturated heterocycles. The molecule has 0 spiro atoms. The van der Waals surface area contributed by atoms with Gasteiger partial charge < -0.3 is 10.4 Å². The molecule has 1 rings (SSSR count). The third kappa shape index (κ3) is 13.6. The fourth-order valence-electron chi connectivity index (χ4n) is 3.89. The number of carboxylic acids is 1. The average molecular weight is 454 g/mol. The number of carbonyl (C=O) groups excluding carboxylic acids is 1. The van der Waals surface area contributed by atoms with Crippen LogP contribution in [-0.4, -0.2) is 47.7 Å². The molecule has 5 heteroatoms. The minimum atomic E-state index is -1.05. The third-order valence-corrected chi connectivity index (χ3v) is 11.7. The zero-order valence-electron chi connectivity index (χ0n) is 20.7. The Balaban J connectivity index is 0.000000590. The zero-order chi connectivity index (χ0) is 23.5. The van der Waals surface area contributed by atoms with Crippen molar-refractivity contribution in [2.24, 2.45) is 0 Å². The average Bonchev–Trinajstić information content (AvgIpc) is 2.79. The van der Waals surface area contributed by atoms with Crippen molar-refractivity contribution in [3.05, 3.63) is 35.9 Å². The number of hydrogen-bond donors (Lipinski definition) is 2. The van der Waals surface area contributed by atoms with Crippen LogP contribution in [0.5, 0.6) is 0 Å². The quantitative estimate of drug-likeness (QED) is 0.286. The molecule has 0 aliphatic carbocycles. The molecule has 4 nitrogen and oxygen atoms in total. The summed E-state index contributed by atoms with van der Waals surface area (Å²) < 4.78 is 0. The van der Waals surface area contributed by atoms with Gasteiger partial charge in [0.25, 0.3) is 5.91 Å². The Hall–Kier alpha value is -1.41. The summed E-state index contributed by atoms with van der Waals surface area (Å²) in [6.45, 7) is 10.9. The summed E-state index contributed by atoms with van der Waals surface area (Å²) in [5.41, 5.74) is 0.459. The van der Waals surface area contributed by atoms with Crippen molar-refractivity contribution in [3.8, 4) is 0 Å². The molecule has 0 aliphatic heterocycles. The first-order chi connectivity index (χ1) is 14.9. The van der Waals surface area contributed by atoms with Crippen molar-refractivity contribution in [2.45, 2.75) is 92.0 Å². The predicted octanol–water partition coefficient (Wildman–Crippen LogP) is 6.83. The molecule has 0 bridgehead atoms. The molecule has 31 heavy (non-hydrogen) atoms. The van der Waals surface area contributed by atoms with E-state index in [1.54, 1.807) is 55.0 Å². The molecule has 0 fully saturated rings. The molecule has 1 amide bonds. The molecule has 1 unspecified atom stereocenters. The Morgan fingerprint density at radius 2 is 1.19 bits per heavy atom. The summed E-state index contributed by atoms with van der Waals surface area (Å²) in [6, 6.07) is 7.62. The van der Waals surface area contributed by atoms with Gasteiger partial charge in [-0.3, -0.25) is 9.59 Å². The van der Waals surface area contributed by atoms with Crippen LogP contribution in [0.25, 0.3) is 0 Å². The maximum absolute atomic E-state index is 11.4. The molecule has 0 aliphatic rings. The molecule has 1 atom stereocenters. The van der Waals surface area contributed by atoms with Crippen molar-refractivity contribution in [3.63, 3.8) is 0 Å². The minimum absolute atomic E-state index is 0.375. The van der Waals surface area contributed by atoms with E-state index >= 15 is 0 Å². The Kier molecular flexibility index (Phi) is 17.4. The number of rotatable bonds is 15. The van der Waals surface area contributed by atoms with Gasteiger partial charge in [0.05, 0.1) is 0 Å². The van der Waals surface area contributed by atoms with Crippen LogP contribution in [0.2, 0.25) is 0 Å². The maximum atomic E-state index is 11.4. The van der Waals surface area contributed by atoms with E-state index in [-0.39, 0.29) is 5.91 Å². The topological polar surface area (TPSA) is 66.4 Å². The van der Waals surface area contributed by atoms with E-state index in [0.717, 1.165) is 0 Å². The Morgan fingerprint density at radius 1 is 0.806 bits per heavy atom. The number of benzene rings is 1. The van der Waals surface area contributed by atoms with E-state index in [4.69, 9.17) is 5.11 Å². The molecule has 0 aromatic heterocycles. The zero-order valence-corrected chi connectivity index (χ0v) is 21.7.